The van der Waals surface area contributed by atoms with Gasteiger partial charge in [0.05, 0.1) is 7.11 Å². The van der Waals surface area contributed by atoms with Crippen molar-refractivity contribution in [3.8, 4) is 11.5 Å². The molecule has 1 aromatic carbocycles. The van der Waals surface area contributed by atoms with Gasteiger partial charge in [0.1, 0.15) is 17.1 Å². The van der Waals surface area contributed by atoms with Crippen LogP contribution < -0.4 is 15.4 Å². The number of hydrogen-bond acceptors (Lipinski definition) is 6. The predicted molar refractivity (Wildman–Crippen MR) is 97.7 cm³/mol. The summed E-state index contributed by atoms with van der Waals surface area (Å²) in [6.45, 7) is -0.201. The molecular formula is C19H24N2O6. The Morgan fingerprint density at radius 1 is 1.22 bits per heavy atom. The maximum atomic E-state index is 11.9. The Morgan fingerprint density at radius 2 is 2.04 bits per heavy atom. The van der Waals surface area contributed by atoms with E-state index in [0.29, 0.717) is 12.3 Å². The first-order valence-electron chi connectivity index (χ1n) is 8.79. The highest BCUT2D eigenvalue weighted by Crippen LogP contribution is 2.24. The molecule has 146 valence electrons. The molecule has 0 heterocycles. The lowest BCUT2D eigenvalue weighted by Gasteiger charge is -2.13. The van der Waals surface area contributed by atoms with E-state index >= 15 is 0 Å². The first kappa shape index (κ1) is 20.3. The maximum absolute atomic E-state index is 11.9. The molecule has 0 spiro atoms. The third-order valence-corrected chi connectivity index (χ3v) is 4.13. The number of methoxy groups -OCH3 is 1. The van der Waals surface area contributed by atoms with Crippen molar-refractivity contribution in [3.63, 3.8) is 0 Å². The van der Waals surface area contributed by atoms with E-state index in [4.69, 9.17) is 9.47 Å². The number of amides is 3. The number of phenolic OH excluding ortho intramolecular Hbond substituents is 1. The molecule has 0 saturated heterocycles. The van der Waals surface area contributed by atoms with Crippen LogP contribution in [0.25, 0.3) is 0 Å². The molecule has 0 radical (unpaired) electrons. The molecule has 0 atom stereocenters. The minimum Gasteiger partial charge on any atom is -0.507 e. The van der Waals surface area contributed by atoms with Crippen LogP contribution in [0.1, 0.15) is 42.5 Å². The number of urea groups is 1. The number of benzene rings is 1. The summed E-state index contributed by atoms with van der Waals surface area (Å²) in [4.78, 5) is 35.3. The Labute approximate surface area is 157 Å². The molecule has 1 aromatic rings. The zero-order valence-electron chi connectivity index (χ0n) is 15.2. The number of imide groups is 1. The lowest BCUT2D eigenvalue weighted by Crippen LogP contribution is -2.41. The Kier molecular flexibility index (Phi) is 7.66. The third kappa shape index (κ3) is 6.65. The summed E-state index contributed by atoms with van der Waals surface area (Å²) in [7, 11) is 1.42. The van der Waals surface area contributed by atoms with E-state index in [2.05, 4.69) is 16.7 Å². The fourth-order valence-electron chi connectivity index (χ4n) is 2.70. The number of carbonyl (C=O) groups excluding carboxylic acids is 3. The predicted octanol–water partition coefficient (Wildman–Crippen LogP) is 2.27. The van der Waals surface area contributed by atoms with Crippen molar-refractivity contribution in [2.24, 2.45) is 0 Å². The van der Waals surface area contributed by atoms with Gasteiger partial charge in [-0.15, -0.1) is 0 Å². The fourth-order valence-corrected chi connectivity index (χ4v) is 2.70. The highest BCUT2D eigenvalue weighted by molar-refractivity contribution is 5.97. The van der Waals surface area contributed by atoms with Gasteiger partial charge in [-0.3, -0.25) is 10.1 Å². The van der Waals surface area contributed by atoms with Crippen molar-refractivity contribution in [3.05, 3.63) is 35.4 Å². The summed E-state index contributed by atoms with van der Waals surface area (Å²) in [6, 6.07) is 3.41. The second kappa shape index (κ2) is 10.2. The number of phenols is 1. The molecule has 1 aliphatic carbocycles. The van der Waals surface area contributed by atoms with E-state index in [1.165, 1.54) is 43.7 Å². The van der Waals surface area contributed by atoms with Crippen LogP contribution in [0.5, 0.6) is 11.5 Å². The van der Waals surface area contributed by atoms with Gasteiger partial charge in [0.2, 0.25) is 0 Å². The molecule has 0 unspecified atom stereocenters. The number of nitrogens with one attached hydrogen (secondary N) is 2. The van der Waals surface area contributed by atoms with Crippen molar-refractivity contribution in [1.82, 2.24) is 10.6 Å². The van der Waals surface area contributed by atoms with E-state index in [9.17, 15) is 19.5 Å². The second-order valence-electron chi connectivity index (χ2n) is 6.12. The standard InChI is InChI=1S/C19H24N2O6/c1-26-14-7-8-15(16(22)11-14)18(24)27-12-17(23)21-19(25)20-10-9-13-5-3-2-4-6-13/h5,7-8,11,22H,2-4,6,9-10,12H2,1H3,(H2,20,21,23,25). The van der Waals surface area contributed by atoms with Gasteiger partial charge in [-0.1, -0.05) is 11.6 Å². The minimum absolute atomic E-state index is 0.103. The Morgan fingerprint density at radius 3 is 2.70 bits per heavy atom. The average molecular weight is 376 g/mol. The SMILES string of the molecule is COc1ccc(C(=O)OCC(=O)NC(=O)NCCC2=CCCCC2)c(O)c1. The number of esters is 1. The van der Waals surface area contributed by atoms with Gasteiger partial charge in [0, 0.05) is 12.6 Å². The smallest absolute Gasteiger partial charge is 0.342 e. The lowest BCUT2D eigenvalue weighted by atomic mass is 9.97. The van der Waals surface area contributed by atoms with Gasteiger partial charge >= 0.3 is 12.0 Å². The Bertz CT molecular complexity index is 729. The fraction of sp³-hybridized carbons (Fsp3) is 0.421. The zero-order valence-corrected chi connectivity index (χ0v) is 15.2. The maximum Gasteiger partial charge on any atom is 0.342 e. The van der Waals surface area contributed by atoms with Gasteiger partial charge in [-0.2, -0.15) is 0 Å². The Balaban J connectivity index is 1.69. The summed E-state index contributed by atoms with van der Waals surface area (Å²) in [5.41, 5.74) is 1.22. The molecule has 3 amide bonds. The molecule has 2 rings (SSSR count). The highest BCUT2D eigenvalue weighted by Gasteiger charge is 2.16. The molecule has 8 heteroatoms. The number of allylic oxidation sites excluding steroid dienone is 1. The van der Waals surface area contributed by atoms with Crippen LogP contribution in [0.2, 0.25) is 0 Å². The number of aromatic hydroxyl groups is 1. The molecule has 0 aromatic heterocycles. The van der Waals surface area contributed by atoms with Crippen molar-refractivity contribution in [1.29, 1.82) is 0 Å². The van der Waals surface area contributed by atoms with Gasteiger partial charge < -0.3 is 19.9 Å². The quantitative estimate of drug-likeness (QED) is 0.497. The van der Waals surface area contributed by atoms with Crippen LogP contribution in [0.3, 0.4) is 0 Å². The molecular weight excluding hydrogens is 352 g/mol. The van der Waals surface area contributed by atoms with Crippen LogP contribution in [-0.4, -0.2) is 43.3 Å². The second-order valence-corrected chi connectivity index (χ2v) is 6.12. The first-order chi connectivity index (χ1) is 13.0. The van der Waals surface area contributed by atoms with Crippen molar-refractivity contribution in [2.75, 3.05) is 20.3 Å². The summed E-state index contributed by atoms with van der Waals surface area (Å²) in [5.74, 6) is -1.59. The minimum atomic E-state index is -0.880. The summed E-state index contributed by atoms with van der Waals surface area (Å²) in [6.07, 6.45) is 7.46. The third-order valence-electron chi connectivity index (χ3n) is 4.13. The molecule has 0 bridgehead atoms. The van der Waals surface area contributed by atoms with Crippen LogP contribution in [0.15, 0.2) is 29.8 Å². The molecule has 27 heavy (non-hydrogen) atoms. The summed E-state index contributed by atoms with van der Waals surface area (Å²) < 4.78 is 9.72. The lowest BCUT2D eigenvalue weighted by molar-refractivity contribution is -0.123. The average Bonchev–Trinajstić information content (AvgIpc) is 2.66. The molecule has 3 N–H and O–H groups in total. The van der Waals surface area contributed by atoms with E-state index in [-0.39, 0.29) is 11.3 Å². The van der Waals surface area contributed by atoms with Gasteiger partial charge in [-0.05, 0) is 44.2 Å². The zero-order chi connectivity index (χ0) is 19.6. The monoisotopic (exact) mass is 376 g/mol. The molecule has 0 aliphatic heterocycles. The van der Waals surface area contributed by atoms with E-state index in [1.54, 1.807) is 0 Å². The molecule has 1 aliphatic rings. The Hall–Kier alpha value is -3.03. The highest BCUT2D eigenvalue weighted by atomic mass is 16.5. The topological polar surface area (TPSA) is 114 Å². The molecule has 0 fully saturated rings. The van der Waals surface area contributed by atoms with Gasteiger partial charge in [0.25, 0.3) is 5.91 Å². The van der Waals surface area contributed by atoms with Crippen LogP contribution >= 0.6 is 0 Å². The van der Waals surface area contributed by atoms with E-state index in [1.807, 2.05) is 0 Å². The van der Waals surface area contributed by atoms with Gasteiger partial charge in [0.15, 0.2) is 6.61 Å². The van der Waals surface area contributed by atoms with Crippen molar-refractivity contribution < 1.29 is 29.0 Å². The van der Waals surface area contributed by atoms with E-state index < -0.39 is 24.5 Å². The molecule has 0 saturated carbocycles. The van der Waals surface area contributed by atoms with Crippen LogP contribution in [0, 0.1) is 0 Å². The summed E-state index contributed by atoms with van der Waals surface area (Å²) in [5, 5.41) is 14.4. The number of rotatable bonds is 7. The summed E-state index contributed by atoms with van der Waals surface area (Å²) >= 11 is 0. The normalized spacial score (nSPS) is 13.3. The number of ether oxygens (including phenoxy) is 2. The van der Waals surface area contributed by atoms with Crippen LogP contribution in [-0.2, 0) is 9.53 Å². The van der Waals surface area contributed by atoms with Gasteiger partial charge in [-0.25, -0.2) is 9.59 Å². The first-order valence-corrected chi connectivity index (χ1v) is 8.79. The van der Waals surface area contributed by atoms with Crippen LogP contribution in [0.4, 0.5) is 4.79 Å². The largest absolute Gasteiger partial charge is 0.507 e. The molecule has 8 nitrogen and oxygen atoms in total. The van der Waals surface area contributed by atoms with E-state index in [0.717, 1.165) is 19.3 Å². The van der Waals surface area contributed by atoms with Crippen molar-refractivity contribution in [2.45, 2.75) is 32.1 Å². The number of carbonyl (C=O) groups is 3. The number of hydrogen-bond donors (Lipinski definition) is 3. The van der Waals surface area contributed by atoms with Crippen molar-refractivity contribution >= 4 is 17.9 Å².